The molecule has 2 rings (SSSR count). The number of rotatable bonds is 8. The van der Waals surface area contributed by atoms with Gasteiger partial charge in [-0.3, -0.25) is 0 Å². The van der Waals surface area contributed by atoms with Crippen molar-refractivity contribution in [2.75, 3.05) is 18.5 Å². The molecule has 6 nitrogen and oxygen atoms in total. The van der Waals surface area contributed by atoms with Crippen LogP contribution >= 0.6 is 11.6 Å². The Morgan fingerprint density at radius 2 is 1.86 bits per heavy atom. The van der Waals surface area contributed by atoms with Gasteiger partial charge in [0.15, 0.2) is 0 Å². The number of carbonyl (C=O) groups excluding carboxylic acids is 1. The molecule has 0 bridgehead atoms. The number of hydrogen-bond acceptors (Lipinski definition) is 6. The zero-order valence-electron chi connectivity index (χ0n) is 16.9. The normalized spacial score (nSPS) is 11.8. The van der Waals surface area contributed by atoms with E-state index in [0.717, 1.165) is 11.1 Å². The largest absolute Gasteiger partial charge is 0.462 e. The molecule has 0 fully saturated rings. The lowest BCUT2D eigenvalue weighted by molar-refractivity contribution is 0.0523. The van der Waals surface area contributed by atoms with Crippen molar-refractivity contribution in [1.82, 2.24) is 4.98 Å². The summed E-state index contributed by atoms with van der Waals surface area (Å²) in [7, 11) is 0. The van der Waals surface area contributed by atoms with Crippen LogP contribution in [-0.2, 0) is 4.74 Å². The Morgan fingerprint density at radius 1 is 1.21 bits per heavy atom. The molecule has 0 saturated carbocycles. The summed E-state index contributed by atoms with van der Waals surface area (Å²) in [6.07, 6.45) is 0.686. The third-order valence-corrected chi connectivity index (χ3v) is 4.51. The number of carbonyl (C=O) groups is 1. The highest BCUT2D eigenvalue weighted by Gasteiger charge is 2.24. The number of benzene rings is 1. The van der Waals surface area contributed by atoms with Crippen molar-refractivity contribution < 1.29 is 19.4 Å². The number of pyridine rings is 1. The van der Waals surface area contributed by atoms with Crippen LogP contribution in [0.4, 0.5) is 5.69 Å². The highest BCUT2D eigenvalue weighted by molar-refractivity contribution is 6.30. The van der Waals surface area contributed by atoms with Crippen molar-refractivity contribution in [2.24, 2.45) is 0 Å². The highest BCUT2D eigenvalue weighted by atomic mass is 35.5. The van der Waals surface area contributed by atoms with Crippen molar-refractivity contribution >= 4 is 23.3 Å². The molecular formula is C21H27ClN2O4. The zero-order chi connectivity index (χ0) is 20.8. The van der Waals surface area contributed by atoms with Gasteiger partial charge in [-0.1, -0.05) is 18.5 Å². The first-order valence-electron chi connectivity index (χ1n) is 9.31. The van der Waals surface area contributed by atoms with Crippen LogP contribution < -0.4 is 10.1 Å². The first kappa shape index (κ1) is 22.0. The Balaban J connectivity index is 2.59. The van der Waals surface area contributed by atoms with E-state index in [4.69, 9.17) is 21.1 Å². The number of aromatic nitrogens is 1. The first-order valence-corrected chi connectivity index (χ1v) is 9.69. The lowest BCUT2D eigenvalue weighted by atomic mass is 10.1. The van der Waals surface area contributed by atoms with E-state index in [1.807, 2.05) is 27.7 Å². The van der Waals surface area contributed by atoms with E-state index in [0.29, 0.717) is 28.6 Å². The Labute approximate surface area is 170 Å². The summed E-state index contributed by atoms with van der Waals surface area (Å²) in [5, 5.41) is 13.4. The second-order valence-corrected chi connectivity index (χ2v) is 7.05. The van der Waals surface area contributed by atoms with Gasteiger partial charge >= 0.3 is 5.97 Å². The van der Waals surface area contributed by atoms with E-state index in [2.05, 4.69) is 10.3 Å². The molecule has 0 saturated heterocycles. The number of anilines is 1. The van der Waals surface area contributed by atoms with Crippen LogP contribution in [0.3, 0.4) is 0 Å². The topological polar surface area (TPSA) is 80.7 Å². The van der Waals surface area contributed by atoms with Crippen LogP contribution in [0.1, 0.15) is 47.4 Å². The van der Waals surface area contributed by atoms with Crippen LogP contribution in [-0.4, -0.2) is 35.3 Å². The monoisotopic (exact) mass is 406 g/mol. The minimum Gasteiger partial charge on any atom is -0.462 e. The first-order chi connectivity index (χ1) is 13.3. The molecule has 28 heavy (non-hydrogen) atoms. The number of esters is 1. The maximum Gasteiger partial charge on any atom is 0.345 e. The summed E-state index contributed by atoms with van der Waals surface area (Å²) in [5.74, 6) is 0.208. The quantitative estimate of drug-likeness (QED) is 0.612. The van der Waals surface area contributed by atoms with Crippen LogP contribution in [0.5, 0.6) is 11.6 Å². The SMILES string of the molecule is CCOC(=O)c1c(N[C@@H](CC)CO)cc(C)nc1Oc1c(C)cc(Cl)cc1C. The van der Waals surface area contributed by atoms with Crippen molar-refractivity contribution in [1.29, 1.82) is 0 Å². The van der Waals surface area contributed by atoms with Crippen LogP contribution in [0, 0.1) is 20.8 Å². The number of halogens is 1. The molecular weight excluding hydrogens is 380 g/mol. The molecule has 1 aromatic carbocycles. The minimum absolute atomic E-state index is 0.0638. The summed E-state index contributed by atoms with van der Waals surface area (Å²) in [6, 6.07) is 5.13. The summed E-state index contributed by atoms with van der Waals surface area (Å²) in [6.45, 7) is 9.42. The van der Waals surface area contributed by atoms with E-state index in [9.17, 15) is 9.90 Å². The van der Waals surface area contributed by atoms with Crippen molar-refractivity contribution in [3.05, 3.63) is 45.6 Å². The molecule has 1 aromatic heterocycles. The third-order valence-electron chi connectivity index (χ3n) is 4.29. The van der Waals surface area contributed by atoms with Gasteiger partial charge in [0, 0.05) is 16.8 Å². The number of aliphatic hydroxyl groups excluding tert-OH is 1. The summed E-state index contributed by atoms with van der Waals surface area (Å²) in [4.78, 5) is 17.1. The lowest BCUT2D eigenvalue weighted by Gasteiger charge is -2.21. The molecule has 0 radical (unpaired) electrons. The summed E-state index contributed by atoms with van der Waals surface area (Å²) in [5.41, 5.74) is 3.06. The molecule has 0 aliphatic heterocycles. The van der Waals surface area contributed by atoms with Crippen LogP contribution in [0.2, 0.25) is 5.02 Å². The lowest BCUT2D eigenvalue weighted by Crippen LogP contribution is -2.25. The average Bonchev–Trinajstić information content (AvgIpc) is 2.62. The molecule has 0 unspecified atom stereocenters. The molecule has 1 heterocycles. The van der Waals surface area contributed by atoms with Gasteiger partial charge in [0.25, 0.3) is 0 Å². The van der Waals surface area contributed by atoms with E-state index in [-0.39, 0.29) is 30.7 Å². The Hall–Kier alpha value is -2.31. The van der Waals surface area contributed by atoms with E-state index < -0.39 is 5.97 Å². The number of nitrogens with one attached hydrogen (secondary N) is 1. The van der Waals surface area contributed by atoms with Gasteiger partial charge in [-0.2, -0.15) is 0 Å². The van der Waals surface area contributed by atoms with Gasteiger partial charge in [-0.25, -0.2) is 9.78 Å². The fraction of sp³-hybridized carbons (Fsp3) is 0.429. The van der Waals surface area contributed by atoms with Crippen molar-refractivity contribution in [2.45, 2.75) is 47.1 Å². The highest BCUT2D eigenvalue weighted by Crippen LogP contribution is 2.35. The number of nitrogens with zero attached hydrogens (tertiary/aromatic N) is 1. The van der Waals surface area contributed by atoms with E-state index in [1.165, 1.54) is 0 Å². The van der Waals surface area contributed by atoms with Crippen LogP contribution in [0.25, 0.3) is 0 Å². The van der Waals surface area contributed by atoms with E-state index in [1.54, 1.807) is 25.1 Å². The van der Waals surface area contributed by atoms with Gasteiger partial charge in [-0.05, 0) is 63.4 Å². The molecule has 1 atom stereocenters. The number of aliphatic hydroxyl groups is 1. The molecule has 0 aliphatic rings. The number of hydrogen-bond donors (Lipinski definition) is 2. The smallest absolute Gasteiger partial charge is 0.345 e. The van der Waals surface area contributed by atoms with Gasteiger partial charge in [0.1, 0.15) is 11.3 Å². The predicted molar refractivity (Wildman–Crippen MR) is 111 cm³/mol. The molecule has 2 N–H and O–H groups in total. The van der Waals surface area contributed by atoms with Gasteiger partial charge in [-0.15, -0.1) is 0 Å². The van der Waals surface area contributed by atoms with Gasteiger partial charge in [0.2, 0.25) is 5.88 Å². The minimum atomic E-state index is -0.537. The third kappa shape index (κ3) is 5.14. The molecule has 2 aromatic rings. The van der Waals surface area contributed by atoms with Gasteiger partial charge < -0.3 is 19.9 Å². The Bertz CT molecular complexity index is 828. The summed E-state index contributed by atoms with van der Waals surface area (Å²) >= 11 is 6.11. The molecule has 0 spiro atoms. The fourth-order valence-corrected chi connectivity index (χ4v) is 3.21. The molecule has 0 aliphatic carbocycles. The zero-order valence-corrected chi connectivity index (χ0v) is 17.7. The van der Waals surface area contributed by atoms with Gasteiger partial charge in [0.05, 0.1) is 18.9 Å². The Morgan fingerprint density at radius 3 is 2.39 bits per heavy atom. The van der Waals surface area contributed by atoms with E-state index >= 15 is 0 Å². The predicted octanol–water partition coefficient (Wildman–Crippen LogP) is 4.81. The molecule has 7 heteroatoms. The average molecular weight is 407 g/mol. The van der Waals surface area contributed by atoms with Crippen molar-refractivity contribution in [3.63, 3.8) is 0 Å². The maximum absolute atomic E-state index is 12.7. The number of ether oxygens (including phenoxy) is 2. The fourth-order valence-electron chi connectivity index (χ4n) is 2.88. The number of aryl methyl sites for hydroxylation is 3. The molecule has 0 amide bonds. The van der Waals surface area contributed by atoms with Crippen molar-refractivity contribution in [3.8, 4) is 11.6 Å². The summed E-state index contributed by atoms with van der Waals surface area (Å²) < 4.78 is 11.3. The standard InChI is InChI=1S/C21H27ClN2O4/c1-6-16(11-25)24-17-10-14(5)23-20(18(17)21(26)27-7-2)28-19-12(3)8-15(22)9-13(19)4/h8-10,16,25H,6-7,11H2,1-5H3,(H,23,24)/t16-/m0/s1. The second-order valence-electron chi connectivity index (χ2n) is 6.61. The Kier molecular flexibility index (Phi) is 7.66. The maximum atomic E-state index is 12.7. The molecule has 152 valence electrons. The van der Waals surface area contributed by atoms with Crippen LogP contribution in [0.15, 0.2) is 18.2 Å². The second kappa shape index (κ2) is 9.75.